The number of ether oxygens (including phenoxy) is 1. The highest BCUT2D eigenvalue weighted by atomic mass is 16.6. The van der Waals surface area contributed by atoms with Gasteiger partial charge in [0.05, 0.1) is 0 Å². The monoisotopic (exact) mass is 293 g/mol. The van der Waals surface area contributed by atoms with Gasteiger partial charge in [-0.1, -0.05) is 18.2 Å². The van der Waals surface area contributed by atoms with Gasteiger partial charge in [0.2, 0.25) is 0 Å². The number of para-hydroxylation sites is 1. The molecule has 5 heteroatoms. The second-order valence-corrected chi connectivity index (χ2v) is 6.21. The Bertz CT molecular complexity index is 455. The minimum absolute atomic E-state index is 0.0560. The van der Waals surface area contributed by atoms with Gasteiger partial charge in [0.25, 0.3) is 0 Å². The predicted octanol–water partition coefficient (Wildman–Crippen LogP) is 2.66. The van der Waals surface area contributed by atoms with Gasteiger partial charge in [-0.2, -0.15) is 0 Å². The third kappa shape index (κ3) is 7.56. The summed E-state index contributed by atoms with van der Waals surface area (Å²) in [6.07, 6.45) is 0.453. The molecule has 1 unspecified atom stereocenters. The van der Waals surface area contributed by atoms with E-state index in [0.717, 1.165) is 30.8 Å². The lowest BCUT2D eigenvalue weighted by Crippen LogP contribution is -2.38. The SMILES string of the molecule is CC(CCNCc1ccccc1N)NC(=O)OC(C)(C)C. The van der Waals surface area contributed by atoms with E-state index in [1.165, 1.54) is 0 Å². The van der Waals surface area contributed by atoms with Crippen molar-refractivity contribution in [1.82, 2.24) is 10.6 Å². The zero-order valence-corrected chi connectivity index (χ0v) is 13.4. The van der Waals surface area contributed by atoms with Crippen molar-refractivity contribution >= 4 is 11.8 Å². The number of nitrogens with two attached hydrogens (primary N) is 1. The number of anilines is 1. The van der Waals surface area contributed by atoms with E-state index in [0.29, 0.717) is 0 Å². The maximum atomic E-state index is 11.6. The van der Waals surface area contributed by atoms with Crippen LogP contribution in [0.4, 0.5) is 10.5 Å². The molecular weight excluding hydrogens is 266 g/mol. The number of nitrogen functional groups attached to an aromatic ring is 1. The smallest absolute Gasteiger partial charge is 0.407 e. The molecule has 0 radical (unpaired) electrons. The highest BCUT2D eigenvalue weighted by Crippen LogP contribution is 2.09. The lowest BCUT2D eigenvalue weighted by molar-refractivity contribution is 0.0506. The summed E-state index contributed by atoms with van der Waals surface area (Å²) >= 11 is 0. The molecule has 0 aliphatic carbocycles. The summed E-state index contributed by atoms with van der Waals surface area (Å²) in [6, 6.07) is 7.85. The van der Waals surface area contributed by atoms with Crippen LogP contribution in [0.2, 0.25) is 0 Å². The molecule has 0 saturated heterocycles. The average molecular weight is 293 g/mol. The first-order valence-corrected chi connectivity index (χ1v) is 7.31. The Morgan fingerprint density at radius 3 is 2.62 bits per heavy atom. The maximum Gasteiger partial charge on any atom is 0.407 e. The van der Waals surface area contributed by atoms with Gasteiger partial charge in [0, 0.05) is 18.3 Å². The molecule has 0 heterocycles. The van der Waals surface area contributed by atoms with E-state index in [1.54, 1.807) is 0 Å². The van der Waals surface area contributed by atoms with Crippen molar-refractivity contribution in [3.8, 4) is 0 Å². The van der Waals surface area contributed by atoms with Crippen molar-refractivity contribution in [1.29, 1.82) is 0 Å². The van der Waals surface area contributed by atoms with Crippen LogP contribution < -0.4 is 16.4 Å². The molecule has 0 spiro atoms. The summed E-state index contributed by atoms with van der Waals surface area (Å²) in [5.74, 6) is 0. The van der Waals surface area contributed by atoms with Crippen LogP contribution in [0.3, 0.4) is 0 Å². The Labute approximate surface area is 127 Å². The molecule has 118 valence electrons. The summed E-state index contributed by atoms with van der Waals surface area (Å²) in [6.45, 7) is 9.04. The number of alkyl carbamates (subject to hydrolysis) is 1. The van der Waals surface area contributed by atoms with Gasteiger partial charge < -0.3 is 21.1 Å². The highest BCUT2D eigenvalue weighted by Gasteiger charge is 2.17. The van der Waals surface area contributed by atoms with Gasteiger partial charge in [0.15, 0.2) is 0 Å². The molecule has 0 aromatic heterocycles. The molecule has 0 bridgehead atoms. The molecule has 1 aromatic carbocycles. The van der Waals surface area contributed by atoms with Gasteiger partial charge in [0.1, 0.15) is 5.60 Å². The van der Waals surface area contributed by atoms with Crippen molar-refractivity contribution in [3.63, 3.8) is 0 Å². The van der Waals surface area contributed by atoms with Crippen LogP contribution in [0.5, 0.6) is 0 Å². The average Bonchev–Trinajstić information content (AvgIpc) is 2.34. The van der Waals surface area contributed by atoms with Crippen molar-refractivity contribution in [2.75, 3.05) is 12.3 Å². The van der Waals surface area contributed by atoms with E-state index >= 15 is 0 Å². The van der Waals surface area contributed by atoms with Gasteiger partial charge in [-0.3, -0.25) is 0 Å². The first-order valence-electron chi connectivity index (χ1n) is 7.31. The maximum absolute atomic E-state index is 11.6. The van der Waals surface area contributed by atoms with Crippen molar-refractivity contribution in [3.05, 3.63) is 29.8 Å². The highest BCUT2D eigenvalue weighted by molar-refractivity contribution is 5.68. The number of hydrogen-bond acceptors (Lipinski definition) is 4. The van der Waals surface area contributed by atoms with E-state index in [4.69, 9.17) is 10.5 Å². The molecule has 1 atom stereocenters. The third-order valence-electron chi connectivity index (χ3n) is 2.89. The number of carbonyl (C=O) groups is 1. The standard InChI is InChI=1S/C16H27N3O2/c1-12(19-15(20)21-16(2,3)4)9-10-18-11-13-7-5-6-8-14(13)17/h5-8,12,18H,9-11,17H2,1-4H3,(H,19,20). The minimum atomic E-state index is -0.465. The number of carbonyl (C=O) groups excluding carboxylic acids is 1. The van der Waals surface area contributed by atoms with Crippen LogP contribution in [0, 0.1) is 0 Å². The van der Waals surface area contributed by atoms with Crippen LogP contribution in [-0.2, 0) is 11.3 Å². The van der Waals surface area contributed by atoms with Gasteiger partial charge in [-0.15, -0.1) is 0 Å². The number of benzene rings is 1. The Morgan fingerprint density at radius 2 is 2.00 bits per heavy atom. The topological polar surface area (TPSA) is 76.4 Å². The Kier molecular flexibility index (Phi) is 6.49. The van der Waals surface area contributed by atoms with Crippen LogP contribution in [0.25, 0.3) is 0 Å². The first kappa shape index (κ1) is 17.3. The van der Waals surface area contributed by atoms with E-state index in [1.807, 2.05) is 52.0 Å². The van der Waals surface area contributed by atoms with Crippen LogP contribution in [-0.4, -0.2) is 24.3 Å². The number of rotatable bonds is 6. The normalized spacial score (nSPS) is 12.8. The molecule has 1 rings (SSSR count). The summed E-state index contributed by atoms with van der Waals surface area (Å²) < 4.78 is 5.21. The number of amides is 1. The molecule has 21 heavy (non-hydrogen) atoms. The summed E-state index contributed by atoms with van der Waals surface area (Å²) in [5, 5.41) is 6.14. The van der Waals surface area contributed by atoms with Crippen molar-refractivity contribution < 1.29 is 9.53 Å². The molecule has 0 saturated carbocycles. The molecular formula is C16H27N3O2. The lowest BCUT2D eigenvalue weighted by atomic mass is 10.2. The first-order chi connectivity index (χ1) is 9.78. The largest absolute Gasteiger partial charge is 0.444 e. The molecule has 4 N–H and O–H groups in total. The molecule has 5 nitrogen and oxygen atoms in total. The molecule has 0 fully saturated rings. The molecule has 1 amide bonds. The molecule has 0 aliphatic rings. The second-order valence-electron chi connectivity index (χ2n) is 6.21. The van der Waals surface area contributed by atoms with E-state index in [2.05, 4.69) is 10.6 Å². The summed E-state index contributed by atoms with van der Waals surface area (Å²) in [5.41, 5.74) is 7.29. The minimum Gasteiger partial charge on any atom is -0.444 e. The fourth-order valence-electron chi connectivity index (χ4n) is 1.82. The van der Waals surface area contributed by atoms with Crippen LogP contribution in [0.15, 0.2) is 24.3 Å². The fraction of sp³-hybridized carbons (Fsp3) is 0.562. The Morgan fingerprint density at radius 1 is 1.33 bits per heavy atom. The Hall–Kier alpha value is -1.75. The lowest BCUT2D eigenvalue weighted by Gasteiger charge is -2.22. The van der Waals surface area contributed by atoms with Gasteiger partial charge in [-0.25, -0.2) is 4.79 Å². The summed E-state index contributed by atoms with van der Waals surface area (Å²) in [4.78, 5) is 11.6. The van der Waals surface area contributed by atoms with Crippen molar-refractivity contribution in [2.24, 2.45) is 0 Å². The number of hydrogen-bond donors (Lipinski definition) is 3. The van der Waals surface area contributed by atoms with Gasteiger partial charge >= 0.3 is 6.09 Å². The third-order valence-corrected chi connectivity index (χ3v) is 2.89. The Balaban J connectivity index is 2.21. The van der Waals surface area contributed by atoms with E-state index in [-0.39, 0.29) is 12.1 Å². The molecule has 1 aromatic rings. The van der Waals surface area contributed by atoms with Crippen LogP contribution >= 0.6 is 0 Å². The fourth-order valence-corrected chi connectivity index (χ4v) is 1.82. The predicted molar refractivity (Wildman–Crippen MR) is 86.0 cm³/mol. The van der Waals surface area contributed by atoms with Crippen molar-refractivity contribution in [2.45, 2.75) is 52.3 Å². The molecule has 0 aliphatic heterocycles. The zero-order valence-electron chi connectivity index (χ0n) is 13.4. The summed E-state index contributed by atoms with van der Waals surface area (Å²) in [7, 11) is 0. The van der Waals surface area contributed by atoms with E-state index < -0.39 is 5.60 Å². The second kappa shape index (κ2) is 7.88. The van der Waals surface area contributed by atoms with Gasteiger partial charge in [-0.05, 0) is 52.3 Å². The zero-order chi connectivity index (χ0) is 15.9. The number of nitrogens with one attached hydrogen (secondary N) is 2. The quantitative estimate of drug-likeness (QED) is 0.557. The van der Waals surface area contributed by atoms with E-state index in [9.17, 15) is 4.79 Å². The van der Waals surface area contributed by atoms with Crippen LogP contribution in [0.1, 0.15) is 39.7 Å².